The summed E-state index contributed by atoms with van der Waals surface area (Å²) in [5.74, 6) is 1.74. The van der Waals surface area contributed by atoms with E-state index in [1.165, 1.54) is 32.1 Å². The molecule has 0 aromatic heterocycles. The molecule has 138 valence electrons. The molecule has 0 aromatic rings. The summed E-state index contributed by atoms with van der Waals surface area (Å²) in [6, 6.07) is 0. The summed E-state index contributed by atoms with van der Waals surface area (Å²) >= 11 is 1.76. The number of aliphatic hydroxyl groups excluding tert-OH is 1. The van der Waals surface area contributed by atoms with Gasteiger partial charge in [0, 0.05) is 0 Å². The topological polar surface area (TPSA) is 74.6 Å². The zero-order chi connectivity index (χ0) is 17.4. The van der Waals surface area contributed by atoms with Crippen LogP contribution >= 0.6 is 11.8 Å². The first kappa shape index (κ1) is 23.0. The van der Waals surface area contributed by atoms with Gasteiger partial charge in [0.05, 0.1) is 11.9 Å². The van der Waals surface area contributed by atoms with Crippen molar-refractivity contribution >= 4 is 21.9 Å². The lowest BCUT2D eigenvalue weighted by Gasteiger charge is -2.03. The molecule has 0 rings (SSSR count). The Labute approximate surface area is 146 Å². The van der Waals surface area contributed by atoms with Crippen LogP contribution in [-0.2, 0) is 10.1 Å². The highest BCUT2D eigenvalue weighted by Crippen LogP contribution is 2.11. The Balaban J connectivity index is 3.23. The Morgan fingerprint density at radius 2 is 1.65 bits per heavy atom. The van der Waals surface area contributed by atoms with Crippen molar-refractivity contribution in [1.82, 2.24) is 0 Å². The maximum atomic E-state index is 10.5. The Hall–Kier alpha value is -0.0400. The predicted molar refractivity (Wildman–Crippen MR) is 101 cm³/mol. The molecule has 0 spiro atoms. The number of hydrogen-bond acceptors (Lipinski definition) is 4. The third kappa shape index (κ3) is 19.9. The lowest BCUT2D eigenvalue weighted by Crippen LogP contribution is -2.04. The van der Waals surface area contributed by atoms with Crippen LogP contribution in [0.2, 0.25) is 0 Å². The van der Waals surface area contributed by atoms with Crippen molar-refractivity contribution in [2.75, 3.05) is 17.3 Å². The van der Waals surface area contributed by atoms with Crippen LogP contribution in [0.1, 0.15) is 71.1 Å². The molecule has 0 saturated carbocycles. The van der Waals surface area contributed by atoms with E-state index in [1.54, 1.807) is 11.8 Å². The summed E-state index contributed by atoms with van der Waals surface area (Å²) in [6.45, 7) is 2.13. The fraction of sp³-hybridized carbons (Fsp3) is 0.882. The number of aliphatic hydroxyl groups is 1. The van der Waals surface area contributed by atoms with Gasteiger partial charge in [-0.05, 0) is 43.6 Å². The molecule has 0 bridgehead atoms. The SMILES string of the molecule is CCCC[C@@H](O)/C=C\CCCCCCCSCCCS(=O)(=O)O. The maximum Gasteiger partial charge on any atom is 0.264 e. The van der Waals surface area contributed by atoms with Gasteiger partial charge in [0.15, 0.2) is 0 Å². The Morgan fingerprint density at radius 1 is 1.00 bits per heavy atom. The number of rotatable bonds is 16. The van der Waals surface area contributed by atoms with E-state index in [4.69, 9.17) is 4.55 Å². The molecule has 0 radical (unpaired) electrons. The zero-order valence-corrected chi connectivity index (χ0v) is 16.1. The molecular weight excluding hydrogens is 332 g/mol. The van der Waals surface area contributed by atoms with E-state index < -0.39 is 10.1 Å². The highest BCUT2D eigenvalue weighted by Gasteiger charge is 2.03. The van der Waals surface area contributed by atoms with Gasteiger partial charge in [0.25, 0.3) is 10.1 Å². The van der Waals surface area contributed by atoms with Crippen molar-refractivity contribution in [3.63, 3.8) is 0 Å². The number of unbranched alkanes of at least 4 members (excludes halogenated alkanes) is 6. The molecule has 0 amide bonds. The fourth-order valence-electron chi connectivity index (χ4n) is 2.20. The first-order chi connectivity index (χ1) is 11.0. The summed E-state index contributed by atoms with van der Waals surface area (Å²) in [5.41, 5.74) is 0. The highest BCUT2D eigenvalue weighted by molar-refractivity contribution is 7.99. The minimum atomic E-state index is -3.78. The molecule has 2 N–H and O–H groups in total. The van der Waals surface area contributed by atoms with E-state index in [0.717, 1.165) is 37.2 Å². The largest absolute Gasteiger partial charge is 0.389 e. The van der Waals surface area contributed by atoms with Gasteiger partial charge < -0.3 is 5.11 Å². The number of allylic oxidation sites excluding steroid dienone is 1. The second kappa shape index (κ2) is 15.5. The molecule has 0 aromatic carbocycles. The summed E-state index contributed by atoms with van der Waals surface area (Å²) in [7, 11) is -3.78. The van der Waals surface area contributed by atoms with Crippen LogP contribution in [0.4, 0.5) is 0 Å². The standard InChI is InChI=1S/C17H34O4S2/c1-2-3-12-17(18)13-9-7-5-4-6-8-10-14-22-15-11-16-23(19,20)21/h9,13,17-18H,2-8,10-12,14-16H2,1H3,(H,19,20,21)/b13-9-/t17-/m1/s1. The summed E-state index contributed by atoms with van der Waals surface area (Å²) < 4.78 is 29.6. The third-order valence-corrected chi connectivity index (χ3v) is 5.52. The molecular formula is C17H34O4S2. The van der Waals surface area contributed by atoms with Crippen molar-refractivity contribution < 1.29 is 18.1 Å². The van der Waals surface area contributed by atoms with Gasteiger partial charge in [-0.3, -0.25) is 4.55 Å². The minimum Gasteiger partial charge on any atom is -0.389 e. The molecule has 0 heterocycles. The molecule has 0 aliphatic heterocycles. The van der Waals surface area contributed by atoms with Crippen LogP contribution in [0.25, 0.3) is 0 Å². The normalized spacial score (nSPS) is 13.7. The average Bonchev–Trinajstić information content (AvgIpc) is 2.48. The Kier molecular flexibility index (Phi) is 15.5. The van der Waals surface area contributed by atoms with Crippen LogP contribution in [0.15, 0.2) is 12.2 Å². The van der Waals surface area contributed by atoms with Crippen molar-refractivity contribution in [1.29, 1.82) is 0 Å². The van der Waals surface area contributed by atoms with Gasteiger partial charge >= 0.3 is 0 Å². The molecule has 0 fully saturated rings. The molecule has 1 atom stereocenters. The van der Waals surface area contributed by atoms with Gasteiger partial charge in [-0.25, -0.2) is 0 Å². The van der Waals surface area contributed by atoms with Crippen molar-refractivity contribution in [2.45, 2.75) is 77.2 Å². The summed E-state index contributed by atoms with van der Waals surface area (Å²) in [6.07, 6.45) is 14.4. The van der Waals surface area contributed by atoms with Crippen molar-refractivity contribution in [3.05, 3.63) is 12.2 Å². The summed E-state index contributed by atoms with van der Waals surface area (Å²) in [5, 5.41) is 9.65. The van der Waals surface area contributed by atoms with Crippen LogP contribution in [0.3, 0.4) is 0 Å². The van der Waals surface area contributed by atoms with Crippen molar-refractivity contribution in [3.8, 4) is 0 Å². The molecule has 23 heavy (non-hydrogen) atoms. The minimum absolute atomic E-state index is 0.124. The van der Waals surface area contributed by atoms with Gasteiger partial charge in [-0.15, -0.1) is 0 Å². The molecule has 4 nitrogen and oxygen atoms in total. The van der Waals surface area contributed by atoms with Crippen LogP contribution in [0.5, 0.6) is 0 Å². The van der Waals surface area contributed by atoms with Gasteiger partial charge in [-0.2, -0.15) is 20.2 Å². The number of thioether (sulfide) groups is 1. The smallest absolute Gasteiger partial charge is 0.264 e. The van der Waals surface area contributed by atoms with Gasteiger partial charge in [-0.1, -0.05) is 51.2 Å². The van der Waals surface area contributed by atoms with E-state index in [1.807, 2.05) is 6.08 Å². The Bertz CT molecular complexity index is 380. The van der Waals surface area contributed by atoms with Crippen molar-refractivity contribution in [2.24, 2.45) is 0 Å². The van der Waals surface area contributed by atoms with E-state index in [0.29, 0.717) is 6.42 Å². The van der Waals surface area contributed by atoms with E-state index in [2.05, 4.69) is 13.0 Å². The first-order valence-corrected chi connectivity index (χ1v) is 11.6. The van der Waals surface area contributed by atoms with Gasteiger partial charge in [0.2, 0.25) is 0 Å². The maximum absolute atomic E-state index is 10.5. The highest BCUT2D eigenvalue weighted by atomic mass is 32.2. The molecule has 0 saturated heterocycles. The van der Waals surface area contributed by atoms with Crippen LogP contribution < -0.4 is 0 Å². The molecule has 0 aliphatic carbocycles. The van der Waals surface area contributed by atoms with Crippen LogP contribution in [-0.4, -0.2) is 41.4 Å². The predicted octanol–water partition coefficient (Wildman–Crippen LogP) is 4.45. The number of hydrogen-bond donors (Lipinski definition) is 2. The lowest BCUT2D eigenvalue weighted by atomic mass is 10.1. The second-order valence-corrected chi connectivity index (χ2v) is 8.74. The zero-order valence-electron chi connectivity index (χ0n) is 14.5. The molecule has 6 heteroatoms. The summed E-state index contributed by atoms with van der Waals surface area (Å²) in [4.78, 5) is 0. The van der Waals surface area contributed by atoms with Crippen LogP contribution in [0, 0.1) is 0 Å². The van der Waals surface area contributed by atoms with E-state index >= 15 is 0 Å². The van der Waals surface area contributed by atoms with Gasteiger partial charge in [0.1, 0.15) is 0 Å². The van der Waals surface area contributed by atoms with E-state index in [-0.39, 0.29) is 11.9 Å². The Morgan fingerprint density at radius 3 is 2.35 bits per heavy atom. The third-order valence-electron chi connectivity index (χ3n) is 3.56. The second-order valence-electron chi connectivity index (χ2n) is 5.95. The quantitative estimate of drug-likeness (QED) is 0.240. The molecule has 0 unspecified atom stereocenters. The monoisotopic (exact) mass is 366 g/mol. The first-order valence-electron chi connectivity index (χ1n) is 8.83. The fourth-order valence-corrected chi connectivity index (χ4v) is 3.86. The van der Waals surface area contributed by atoms with E-state index in [9.17, 15) is 13.5 Å². The lowest BCUT2D eigenvalue weighted by molar-refractivity contribution is 0.209. The average molecular weight is 367 g/mol. The molecule has 0 aliphatic rings.